The molecule has 2 rings (SSSR count). The van der Waals surface area contributed by atoms with Crippen molar-refractivity contribution < 1.29 is 9.47 Å². The molecule has 0 amide bonds. The van der Waals surface area contributed by atoms with Gasteiger partial charge in [-0.3, -0.25) is 0 Å². The van der Waals surface area contributed by atoms with Gasteiger partial charge >= 0.3 is 0 Å². The average Bonchev–Trinajstić information content (AvgIpc) is 2.41. The lowest BCUT2D eigenvalue weighted by Crippen LogP contribution is -2.22. The molecule has 2 aromatic carbocycles. The van der Waals surface area contributed by atoms with Crippen molar-refractivity contribution in [3.8, 4) is 11.5 Å². The van der Waals surface area contributed by atoms with Crippen LogP contribution in [-0.4, -0.2) is 6.29 Å². The van der Waals surface area contributed by atoms with Gasteiger partial charge in [0.15, 0.2) is 0 Å². The van der Waals surface area contributed by atoms with Crippen molar-refractivity contribution in [2.75, 3.05) is 0 Å². The third kappa shape index (κ3) is 3.52. The van der Waals surface area contributed by atoms with Crippen molar-refractivity contribution in [3.05, 3.63) is 60.2 Å². The Morgan fingerprint density at radius 1 is 0.833 bits per heavy atom. The van der Waals surface area contributed by atoms with Gasteiger partial charge in [0.05, 0.1) is 0 Å². The molecule has 0 fully saturated rings. The average molecular weight is 242 g/mol. The first-order chi connectivity index (χ1) is 8.78. The maximum Gasteiger partial charge on any atom is 0.240 e. The van der Waals surface area contributed by atoms with E-state index in [1.54, 1.807) is 0 Å². The van der Waals surface area contributed by atoms with E-state index in [-0.39, 0.29) is 6.29 Å². The second-order valence-corrected chi connectivity index (χ2v) is 4.20. The molecule has 0 heterocycles. The monoisotopic (exact) mass is 242 g/mol. The van der Waals surface area contributed by atoms with Crippen molar-refractivity contribution in [1.29, 1.82) is 0 Å². The molecule has 18 heavy (non-hydrogen) atoms. The first-order valence-electron chi connectivity index (χ1n) is 6.23. The maximum absolute atomic E-state index is 5.80. The maximum atomic E-state index is 5.80. The van der Waals surface area contributed by atoms with Crippen LogP contribution in [0.2, 0.25) is 0 Å². The molecule has 0 bridgehead atoms. The summed E-state index contributed by atoms with van der Waals surface area (Å²) in [6.45, 7) is 4.10. The van der Waals surface area contributed by atoms with E-state index >= 15 is 0 Å². The van der Waals surface area contributed by atoms with Gasteiger partial charge in [-0.05, 0) is 31.2 Å². The third-order valence-electron chi connectivity index (χ3n) is 2.63. The molecular weight excluding hydrogens is 224 g/mol. The van der Waals surface area contributed by atoms with Crippen molar-refractivity contribution in [3.63, 3.8) is 0 Å². The van der Waals surface area contributed by atoms with E-state index in [0.717, 1.165) is 17.9 Å². The minimum atomic E-state index is -0.255. The van der Waals surface area contributed by atoms with Crippen molar-refractivity contribution in [2.24, 2.45) is 0 Å². The zero-order valence-corrected chi connectivity index (χ0v) is 10.8. The Balaban J connectivity index is 1.99. The normalized spacial score (nSPS) is 11.9. The SMILES string of the molecule is CCC(Oc1ccccc1)Oc1ccc(C)cc1. The van der Waals surface area contributed by atoms with Crippen LogP contribution in [0.5, 0.6) is 11.5 Å². The van der Waals surface area contributed by atoms with Gasteiger partial charge in [-0.1, -0.05) is 42.8 Å². The smallest absolute Gasteiger partial charge is 0.240 e. The Labute approximate surface area is 108 Å². The third-order valence-corrected chi connectivity index (χ3v) is 2.63. The predicted molar refractivity (Wildman–Crippen MR) is 73.0 cm³/mol. The minimum Gasteiger partial charge on any atom is -0.455 e. The summed E-state index contributed by atoms with van der Waals surface area (Å²) in [6.07, 6.45) is 0.540. The highest BCUT2D eigenvalue weighted by molar-refractivity contribution is 5.26. The van der Waals surface area contributed by atoms with Gasteiger partial charge < -0.3 is 9.47 Å². The topological polar surface area (TPSA) is 18.5 Å². The number of rotatable bonds is 5. The first-order valence-corrected chi connectivity index (χ1v) is 6.23. The number of aryl methyl sites for hydroxylation is 1. The van der Waals surface area contributed by atoms with Gasteiger partial charge in [-0.15, -0.1) is 0 Å². The van der Waals surface area contributed by atoms with Crippen molar-refractivity contribution in [2.45, 2.75) is 26.6 Å². The Bertz CT molecular complexity index is 462. The predicted octanol–water partition coefficient (Wildman–Crippen LogP) is 4.19. The Morgan fingerprint density at radius 2 is 1.39 bits per heavy atom. The highest BCUT2D eigenvalue weighted by atomic mass is 16.7. The van der Waals surface area contributed by atoms with Gasteiger partial charge in [0.1, 0.15) is 11.5 Å². The summed E-state index contributed by atoms with van der Waals surface area (Å²) >= 11 is 0. The molecule has 0 aliphatic heterocycles. The Hall–Kier alpha value is -1.96. The number of hydrogen-bond donors (Lipinski definition) is 0. The largest absolute Gasteiger partial charge is 0.455 e. The molecule has 0 saturated carbocycles. The summed E-state index contributed by atoms with van der Waals surface area (Å²) in [5.41, 5.74) is 1.22. The lowest BCUT2D eigenvalue weighted by molar-refractivity contribution is 0.00330. The lowest BCUT2D eigenvalue weighted by atomic mass is 10.2. The van der Waals surface area contributed by atoms with Crippen LogP contribution in [0.4, 0.5) is 0 Å². The summed E-state index contributed by atoms with van der Waals surface area (Å²) in [4.78, 5) is 0. The lowest BCUT2D eigenvalue weighted by Gasteiger charge is -2.19. The van der Waals surface area contributed by atoms with E-state index in [1.807, 2.05) is 61.5 Å². The molecular formula is C16H18O2. The standard InChI is InChI=1S/C16H18O2/c1-3-16(17-14-7-5-4-6-8-14)18-15-11-9-13(2)10-12-15/h4-12,16H,3H2,1-2H3. The van der Waals surface area contributed by atoms with Gasteiger partial charge in [-0.2, -0.15) is 0 Å². The van der Waals surface area contributed by atoms with Crippen molar-refractivity contribution in [1.82, 2.24) is 0 Å². The molecule has 0 radical (unpaired) electrons. The molecule has 0 N–H and O–H groups in total. The van der Waals surface area contributed by atoms with Crippen LogP contribution in [0, 0.1) is 6.92 Å². The molecule has 1 unspecified atom stereocenters. The second kappa shape index (κ2) is 6.10. The highest BCUT2D eigenvalue weighted by Gasteiger charge is 2.09. The molecule has 2 heteroatoms. The van der Waals surface area contributed by atoms with Crippen molar-refractivity contribution >= 4 is 0 Å². The summed E-state index contributed by atoms with van der Waals surface area (Å²) in [7, 11) is 0. The van der Waals surface area contributed by atoms with Gasteiger partial charge in [0, 0.05) is 6.42 Å². The number of benzene rings is 2. The molecule has 0 aromatic heterocycles. The quantitative estimate of drug-likeness (QED) is 0.732. The molecule has 2 nitrogen and oxygen atoms in total. The van der Waals surface area contributed by atoms with E-state index in [2.05, 4.69) is 6.92 Å². The molecule has 0 saturated heterocycles. The van der Waals surface area contributed by atoms with Crippen LogP contribution in [-0.2, 0) is 0 Å². The Kier molecular flexibility index (Phi) is 4.24. The molecule has 1 atom stereocenters. The van der Waals surface area contributed by atoms with E-state index in [0.29, 0.717) is 0 Å². The van der Waals surface area contributed by atoms with Gasteiger partial charge in [-0.25, -0.2) is 0 Å². The van der Waals surface area contributed by atoms with Crippen LogP contribution >= 0.6 is 0 Å². The van der Waals surface area contributed by atoms with Crippen LogP contribution in [0.3, 0.4) is 0 Å². The fraction of sp³-hybridized carbons (Fsp3) is 0.250. The van der Waals surface area contributed by atoms with E-state index in [9.17, 15) is 0 Å². The van der Waals surface area contributed by atoms with Gasteiger partial charge in [0.25, 0.3) is 0 Å². The molecule has 2 aromatic rings. The first kappa shape index (κ1) is 12.5. The molecule has 0 aliphatic carbocycles. The van der Waals surface area contributed by atoms with Crippen LogP contribution in [0.15, 0.2) is 54.6 Å². The second-order valence-electron chi connectivity index (χ2n) is 4.20. The fourth-order valence-corrected chi connectivity index (χ4v) is 1.61. The van der Waals surface area contributed by atoms with Gasteiger partial charge in [0.2, 0.25) is 6.29 Å². The highest BCUT2D eigenvalue weighted by Crippen LogP contribution is 2.18. The van der Waals surface area contributed by atoms with E-state index in [4.69, 9.17) is 9.47 Å². The van der Waals surface area contributed by atoms with Crippen LogP contribution < -0.4 is 9.47 Å². The summed E-state index contributed by atoms with van der Waals surface area (Å²) < 4.78 is 11.6. The number of para-hydroxylation sites is 1. The van der Waals surface area contributed by atoms with E-state index in [1.165, 1.54) is 5.56 Å². The van der Waals surface area contributed by atoms with Crippen LogP contribution in [0.25, 0.3) is 0 Å². The molecule has 94 valence electrons. The fourth-order valence-electron chi connectivity index (χ4n) is 1.61. The van der Waals surface area contributed by atoms with E-state index < -0.39 is 0 Å². The number of hydrogen-bond acceptors (Lipinski definition) is 2. The minimum absolute atomic E-state index is 0.255. The molecule has 0 spiro atoms. The zero-order valence-electron chi connectivity index (χ0n) is 10.8. The summed E-state index contributed by atoms with van der Waals surface area (Å²) in [5, 5.41) is 0. The molecule has 0 aliphatic rings. The number of ether oxygens (including phenoxy) is 2. The summed E-state index contributed by atoms with van der Waals surface area (Å²) in [6, 6.07) is 17.7. The van der Waals surface area contributed by atoms with Crippen LogP contribution in [0.1, 0.15) is 18.9 Å². The Morgan fingerprint density at radius 3 is 1.94 bits per heavy atom. The summed E-state index contributed by atoms with van der Waals surface area (Å²) in [5.74, 6) is 1.67. The zero-order chi connectivity index (χ0) is 12.8.